The Morgan fingerprint density at radius 2 is 1.30 bits per heavy atom. The van der Waals surface area contributed by atoms with Crippen molar-refractivity contribution < 1.29 is 4.79 Å². The lowest BCUT2D eigenvalue weighted by molar-refractivity contribution is -0.116. The van der Waals surface area contributed by atoms with Crippen molar-refractivity contribution in [1.29, 1.82) is 0 Å². The summed E-state index contributed by atoms with van der Waals surface area (Å²) in [5.74, 6) is -0.0468. The predicted octanol–water partition coefficient (Wildman–Crippen LogP) is 3.74. The molecule has 1 amide bonds. The van der Waals surface area contributed by atoms with E-state index in [1.165, 1.54) is 11.1 Å². The lowest BCUT2D eigenvalue weighted by atomic mass is 10.2. The number of nitrogens with one attached hydrogen (secondary N) is 2. The Hall–Kier alpha value is -2.29. The number of anilines is 2. The molecule has 0 saturated carbocycles. The number of carbonyl (C=O) groups excluding carboxylic acids is 1. The van der Waals surface area contributed by atoms with E-state index in [9.17, 15) is 4.79 Å². The van der Waals surface area contributed by atoms with Gasteiger partial charge in [0.2, 0.25) is 5.91 Å². The van der Waals surface area contributed by atoms with Crippen molar-refractivity contribution >= 4 is 17.3 Å². The van der Waals surface area contributed by atoms with E-state index in [-0.39, 0.29) is 11.9 Å². The topological polar surface area (TPSA) is 41.1 Å². The Kier molecular flexibility index (Phi) is 4.41. The van der Waals surface area contributed by atoms with Gasteiger partial charge in [-0.2, -0.15) is 0 Å². The Morgan fingerprint density at radius 1 is 0.850 bits per heavy atom. The van der Waals surface area contributed by atoms with Crippen LogP contribution in [0.2, 0.25) is 0 Å². The highest BCUT2D eigenvalue weighted by Gasteiger charge is 2.12. The van der Waals surface area contributed by atoms with Gasteiger partial charge in [0.05, 0.1) is 0 Å². The summed E-state index contributed by atoms with van der Waals surface area (Å²) in [5.41, 5.74) is 4.14. The minimum absolute atomic E-state index is 0.0468. The molecule has 1 atom stereocenters. The molecule has 0 aliphatic heterocycles. The van der Waals surface area contributed by atoms with Gasteiger partial charge >= 0.3 is 0 Å². The summed E-state index contributed by atoms with van der Waals surface area (Å²) in [5, 5.41) is 6.09. The Balaban J connectivity index is 1.94. The lowest BCUT2D eigenvalue weighted by Crippen LogP contribution is -2.31. The van der Waals surface area contributed by atoms with Crippen LogP contribution in [0, 0.1) is 13.8 Å². The van der Waals surface area contributed by atoms with Gasteiger partial charge in [0.25, 0.3) is 0 Å². The van der Waals surface area contributed by atoms with E-state index in [0.717, 1.165) is 11.4 Å². The Bertz CT molecular complexity index is 573. The van der Waals surface area contributed by atoms with Crippen LogP contribution in [0.3, 0.4) is 0 Å². The lowest BCUT2D eigenvalue weighted by Gasteiger charge is -2.15. The number of aryl methyl sites for hydroxylation is 2. The van der Waals surface area contributed by atoms with Crippen LogP contribution in [0.4, 0.5) is 11.4 Å². The smallest absolute Gasteiger partial charge is 0.246 e. The molecular formula is C17H20N2O. The van der Waals surface area contributed by atoms with Crippen molar-refractivity contribution in [1.82, 2.24) is 0 Å². The van der Waals surface area contributed by atoms with Gasteiger partial charge in [-0.3, -0.25) is 4.79 Å². The second-order valence-electron chi connectivity index (χ2n) is 5.09. The zero-order chi connectivity index (χ0) is 14.5. The highest BCUT2D eigenvalue weighted by atomic mass is 16.2. The number of hydrogen-bond donors (Lipinski definition) is 2. The molecule has 0 aliphatic rings. The first-order chi connectivity index (χ1) is 9.54. The predicted molar refractivity (Wildman–Crippen MR) is 84.1 cm³/mol. The van der Waals surface area contributed by atoms with Crippen LogP contribution >= 0.6 is 0 Å². The van der Waals surface area contributed by atoms with E-state index in [1.807, 2.05) is 69.3 Å². The molecule has 104 valence electrons. The molecule has 0 radical (unpaired) electrons. The summed E-state index contributed by atoms with van der Waals surface area (Å²) in [6.45, 7) is 5.91. The third-order valence-electron chi connectivity index (χ3n) is 3.15. The van der Waals surface area contributed by atoms with Crippen molar-refractivity contribution in [3.05, 3.63) is 59.7 Å². The van der Waals surface area contributed by atoms with Crippen LogP contribution < -0.4 is 10.6 Å². The quantitative estimate of drug-likeness (QED) is 0.886. The molecule has 0 saturated heterocycles. The summed E-state index contributed by atoms with van der Waals surface area (Å²) in [6, 6.07) is 15.5. The number of hydrogen-bond acceptors (Lipinski definition) is 2. The molecule has 0 aliphatic carbocycles. The van der Waals surface area contributed by atoms with Gasteiger partial charge in [0, 0.05) is 11.4 Å². The first kappa shape index (κ1) is 14.1. The van der Waals surface area contributed by atoms with Crippen LogP contribution in [0.5, 0.6) is 0 Å². The van der Waals surface area contributed by atoms with Crippen LogP contribution in [0.15, 0.2) is 48.5 Å². The number of amides is 1. The Labute approximate surface area is 120 Å². The SMILES string of the molecule is Cc1ccc(NC(=O)[C@H](C)Nc2ccc(C)cc2)cc1. The van der Waals surface area contributed by atoms with Gasteiger partial charge in [0.1, 0.15) is 6.04 Å². The molecule has 2 N–H and O–H groups in total. The molecule has 0 aromatic heterocycles. The van der Waals surface area contributed by atoms with Gasteiger partial charge in [-0.25, -0.2) is 0 Å². The van der Waals surface area contributed by atoms with Gasteiger partial charge in [-0.1, -0.05) is 35.4 Å². The molecular weight excluding hydrogens is 248 g/mol. The highest BCUT2D eigenvalue weighted by Crippen LogP contribution is 2.12. The molecule has 3 heteroatoms. The third kappa shape index (κ3) is 3.85. The maximum Gasteiger partial charge on any atom is 0.246 e. The zero-order valence-corrected chi connectivity index (χ0v) is 12.1. The first-order valence-electron chi connectivity index (χ1n) is 6.75. The van der Waals surface area contributed by atoms with Crippen LogP contribution in [0.25, 0.3) is 0 Å². The largest absolute Gasteiger partial charge is 0.374 e. The minimum Gasteiger partial charge on any atom is -0.374 e. The van der Waals surface area contributed by atoms with E-state index >= 15 is 0 Å². The van der Waals surface area contributed by atoms with E-state index in [2.05, 4.69) is 10.6 Å². The molecule has 20 heavy (non-hydrogen) atoms. The van der Waals surface area contributed by atoms with E-state index in [4.69, 9.17) is 0 Å². The fourth-order valence-corrected chi connectivity index (χ4v) is 1.85. The zero-order valence-electron chi connectivity index (χ0n) is 12.1. The average molecular weight is 268 g/mol. The molecule has 0 fully saturated rings. The van der Waals surface area contributed by atoms with Crippen LogP contribution in [-0.4, -0.2) is 11.9 Å². The summed E-state index contributed by atoms with van der Waals surface area (Å²) < 4.78 is 0. The van der Waals surface area contributed by atoms with Crippen molar-refractivity contribution in [2.24, 2.45) is 0 Å². The maximum absolute atomic E-state index is 12.1. The number of benzene rings is 2. The second kappa shape index (κ2) is 6.24. The average Bonchev–Trinajstić information content (AvgIpc) is 2.44. The molecule has 0 unspecified atom stereocenters. The number of rotatable bonds is 4. The van der Waals surface area contributed by atoms with Crippen LogP contribution in [-0.2, 0) is 4.79 Å². The van der Waals surface area contributed by atoms with Gasteiger partial charge < -0.3 is 10.6 Å². The molecule has 0 spiro atoms. The molecule has 2 aromatic carbocycles. The van der Waals surface area contributed by atoms with Gasteiger partial charge in [-0.15, -0.1) is 0 Å². The summed E-state index contributed by atoms with van der Waals surface area (Å²) in [4.78, 5) is 12.1. The van der Waals surface area contributed by atoms with Gasteiger partial charge in [-0.05, 0) is 45.0 Å². The minimum atomic E-state index is -0.293. The third-order valence-corrected chi connectivity index (χ3v) is 3.15. The van der Waals surface area contributed by atoms with Gasteiger partial charge in [0.15, 0.2) is 0 Å². The molecule has 0 bridgehead atoms. The fourth-order valence-electron chi connectivity index (χ4n) is 1.85. The van der Waals surface area contributed by atoms with E-state index < -0.39 is 0 Å². The molecule has 3 nitrogen and oxygen atoms in total. The maximum atomic E-state index is 12.1. The van der Waals surface area contributed by atoms with Crippen molar-refractivity contribution in [2.75, 3.05) is 10.6 Å². The van der Waals surface area contributed by atoms with E-state index in [1.54, 1.807) is 0 Å². The van der Waals surface area contributed by atoms with Crippen molar-refractivity contribution in [3.63, 3.8) is 0 Å². The van der Waals surface area contributed by atoms with Crippen molar-refractivity contribution in [2.45, 2.75) is 26.8 Å². The van der Waals surface area contributed by atoms with Crippen LogP contribution in [0.1, 0.15) is 18.1 Å². The normalized spacial score (nSPS) is 11.8. The van der Waals surface area contributed by atoms with Crippen molar-refractivity contribution in [3.8, 4) is 0 Å². The monoisotopic (exact) mass is 268 g/mol. The number of carbonyl (C=O) groups is 1. The summed E-state index contributed by atoms with van der Waals surface area (Å²) in [7, 11) is 0. The summed E-state index contributed by atoms with van der Waals surface area (Å²) in [6.07, 6.45) is 0. The second-order valence-corrected chi connectivity index (χ2v) is 5.09. The molecule has 2 aromatic rings. The molecule has 2 rings (SSSR count). The standard InChI is InChI=1S/C17H20N2O/c1-12-4-8-15(9-5-12)18-14(3)17(20)19-16-10-6-13(2)7-11-16/h4-11,14,18H,1-3H3,(H,19,20)/t14-/m0/s1. The molecule has 0 heterocycles. The highest BCUT2D eigenvalue weighted by molar-refractivity contribution is 5.96. The van der Waals surface area contributed by atoms with E-state index in [0.29, 0.717) is 0 Å². The fraction of sp³-hybridized carbons (Fsp3) is 0.235. The first-order valence-corrected chi connectivity index (χ1v) is 6.75. The summed E-state index contributed by atoms with van der Waals surface area (Å²) >= 11 is 0. The Morgan fingerprint density at radius 3 is 1.80 bits per heavy atom.